The molecule has 0 aliphatic heterocycles. The van der Waals surface area contributed by atoms with Crippen LogP contribution < -0.4 is 5.56 Å². The first-order chi connectivity index (χ1) is 13.2. The number of rotatable bonds is 5. The fourth-order valence-corrected chi connectivity index (χ4v) is 4.36. The van der Waals surface area contributed by atoms with E-state index in [0.717, 1.165) is 25.6 Å². The van der Waals surface area contributed by atoms with Crippen molar-refractivity contribution in [3.63, 3.8) is 0 Å². The van der Waals surface area contributed by atoms with E-state index in [1.165, 1.54) is 5.56 Å². The SMILES string of the molecule is O=c1c2cc(I)ccc2nc(SCc2ccccc2)n1Cc1ccccc1. The molecular weight excluding hydrogens is 467 g/mol. The van der Waals surface area contributed by atoms with E-state index in [-0.39, 0.29) is 5.56 Å². The maximum atomic E-state index is 13.2. The number of halogens is 1. The van der Waals surface area contributed by atoms with Crippen LogP contribution in [-0.2, 0) is 12.3 Å². The minimum Gasteiger partial charge on any atom is -0.283 e. The van der Waals surface area contributed by atoms with Crippen molar-refractivity contribution >= 4 is 45.3 Å². The lowest BCUT2D eigenvalue weighted by Gasteiger charge is -2.13. The molecule has 0 spiro atoms. The van der Waals surface area contributed by atoms with E-state index >= 15 is 0 Å². The zero-order valence-corrected chi connectivity index (χ0v) is 17.5. The normalized spacial score (nSPS) is 11.0. The molecule has 4 aromatic rings. The molecule has 0 saturated heterocycles. The number of thioether (sulfide) groups is 1. The molecule has 27 heavy (non-hydrogen) atoms. The zero-order chi connectivity index (χ0) is 18.6. The molecule has 0 unspecified atom stereocenters. The second kappa shape index (κ2) is 8.27. The zero-order valence-electron chi connectivity index (χ0n) is 14.5. The lowest BCUT2D eigenvalue weighted by atomic mass is 10.2. The van der Waals surface area contributed by atoms with Crippen LogP contribution in [0.15, 0.2) is 88.8 Å². The Labute approximate surface area is 175 Å². The second-order valence-electron chi connectivity index (χ2n) is 6.21. The summed E-state index contributed by atoms with van der Waals surface area (Å²) in [6.45, 7) is 0.519. The molecule has 0 fully saturated rings. The van der Waals surface area contributed by atoms with Gasteiger partial charge in [0.1, 0.15) is 0 Å². The average Bonchev–Trinajstić information content (AvgIpc) is 2.71. The summed E-state index contributed by atoms with van der Waals surface area (Å²) in [5.41, 5.74) is 3.07. The summed E-state index contributed by atoms with van der Waals surface area (Å²) in [4.78, 5) is 18.0. The van der Waals surface area contributed by atoms with Gasteiger partial charge in [0.2, 0.25) is 0 Å². The van der Waals surface area contributed by atoms with Gasteiger partial charge in [-0.3, -0.25) is 9.36 Å². The van der Waals surface area contributed by atoms with Crippen LogP contribution in [-0.4, -0.2) is 9.55 Å². The lowest BCUT2D eigenvalue weighted by molar-refractivity contribution is 0.658. The predicted octanol–water partition coefficient (Wildman–Crippen LogP) is 5.34. The summed E-state index contributed by atoms with van der Waals surface area (Å²) < 4.78 is 2.83. The number of hydrogen-bond donors (Lipinski definition) is 0. The van der Waals surface area contributed by atoms with Crippen molar-refractivity contribution in [2.45, 2.75) is 17.5 Å². The van der Waals surface area contributed by atoms with Crippen LogP contribution in [0.2, 0.25) is 0 Å². The van der Waals surface area contributed by atoms with Gasteiger partial charge in [0, 0.05) is 9.32 Å². The Morgan fingerprint density at radius 3 is 2.26 bits per heavy atom. The quantitative estimate of drug-likeness (QED) is 0.218. The summed E-state index contributed by atoms with van der Waals surface area (Å²) in [5, 5.41) is 1.42. The molecule has 0 aliphatic carbocycles. The van der Waals surface area contributed by atoms with Gasteiger partial charge in [0.05, 0.1) is 17.4 Å². The molecule has 0 saturated carbocycles. The maximum Gasteiger partial charge on any atom is 0.262 e. The van der Waals surface area contributed by atoms with Crippen molar-refractivity contribution in [2.24, 2.45) is 0 Å². The van der Waals surface area contributed by atoms with Crippen molar-refractivity contribution in [1.82, 2.24) is 9.55 Å². The van der Waals surface area contributed by atoms with E-state index in [2.05, 4.69) is 34.7 Å². The highest BCUT2D eigenvalue weighted by Crippen LogP contribution is 2.23. The first kappa shape index (κ1) is 18.3. The van der Waals surface area contributed by atoms with Gasteiger partial charge in [0.25, 0.3) is 5.56 Å². The standard InChI is InChI=1S/C22H17IN2OS/c23-18-11-12-20-19(13-18)21(26)25(14-16-7-3-1-4-8-16)22(24-20)27-15-17-9-5-2-6-10-17/h1-13H,14-15H2. The van der Waals surface area contributed by atoms with Gasteiger partial charge in [0.15, 0.2) is 5.16 Å². The third kappa shape index (κ3) is 4.25. The number of aromatic nitrogens is 2. The van der Waals surface area contributed by atoms with Crippen LogP contribution in [0.4, 0.5) is 0 Å². The van der Waals surface area contributed by atoms with Gasteiger partial charge in [-0.2, -0.15) is 0 Å². The highest BCUT2D eigenvalue weighted by Gasteiger charge is 2.13. The van der Waals surface area contributed by atoms with E-state index in [1.807, 2.05) is 66.7 Å². The first-order valence-corrected chi connectivity index (χ1v) is 10.7. The Bertz CT molecular complexity index is 1130. The summed E-state index contributed by atoms with van der Waals surface area (Å²) in [7, 11) is 0. The Hall–Kier alpha value is -2.12. The molecule has 0 amide bonds. The van der Waals surface area contributed by atoms with Crippen LogP contribution in [0, 0.1) is 3.57 Å². The molecule has 3 nitrogen and oxygen atoms in total. The van der Waals surface area contributed by atoms with E-state index in [0.29, 0.717) is 11.9 Å². The Morgan fingerprint density at radius 1 is 0.889 bits per heavy atom. The third-order valence-electron chi connectivity index (χ3n) is 4.28. The fraction of sp³-hybridized carbons (Fsp3) is 0.0909. The van der Waals surface area contributed by atoms with Crippen LogP contribution in [0.5, 0.6) is 0 Å². The Balaban J connectivity index is 1.78. The minimum atomic E-state index is 0.0120. The number of nitrogens with zero attached hydrogens (tertiary/aromatic N) is 2. The third-order valence-corrected chi connectivity index (χ3v) is 5.99. The molecule has 0 N–H and O–H groups in total. The maximum absolute atomic E-state index is 13.2. The number of fused-ring (bicyclic) bond motifs is 1. The molecule has 5 heteroatoms. The molecule has 134 valence electrons. The van der Waals surface area contributed by atoms with E-state index in [1.54, 1.807) is 16.3 Å². The first-order valence-electron chi connectivity index (χ1n) is 8.61. The van der Waals surface area contributed by atoms with Gasteiger partial charge in [-0.25, -0.2) is 4.98 Å². The second-order valence-corrected chi connectivity index (χ2v) is 8.40. The van der Waals surface area contributed by atoms with Gasteiger partial charge >= 0.3 is 0 Å². The largest absolute Gasteiger partial charge is 0.283 e. The molecule has 0 atom stereocenters. The van der Waals surface area contributed by atoms with Crippen LogP contribution >= 0.6 is 34.4 Å². The van der Waals surface area contributed by atoms with Gasteiger partial charge in [-0.1, -0.05) is 72.4 Å². The Kier molecular flexibility index (Phi) is 5.59. The van der Waals surface area contributed by atoms with Gasteiger partial charge < -0.3 is 0 Å². The van der Waals surface area contributed by atoms with E-state index in [9.17, 15) is 4.79 Å². The summed E-state index contributed by atoms with van der Waals surface area (Å²) in [6.07, 6.45) is 0. The van der Waals surface area contributed by atoms with Crippen molar-refractivity contribution in [1.29, 1.82) is 0 Å². The molecular formula is C22H17IN2OS. The smallest absolute Gasteiger partial charge is 0.262 e. The lowest BCUT2D eigenvalue weighted by Crippen LogP contribution is -2.24. The van der Waals surface area contributed by atoms with Crippen LogP contribution in [0.3, 0.4) is 0 Å². The van der Waals surface area contributed by atoms with Crippen molar-refractivity contribution < 1.29 is 0 Å². The molecule has 4 rings (SSSR count). The fourth-order valence-electron chi connectivity index (χ4n) is 2.91. The number of hydrogen-bond acceptors (Lipinski definition) is 3. The molecule has 0 bridgehead atoms. The minimum absolute atomic E-state index is 0.0120. The summed E-state index contributed by atoms with van der Waals surface area (Å²) in [6, 6.07) is 26.1. The van der Waals surface area contributed by atoms with Crippen molar-refractivity contribution in [3.8, 4) is 0 Å². The monoisotopic (exact) mass is 484 g/mol. The topological polar surface area (TPSA) is 34.9 Å². The van der Waals surface area contributed by atoms with Crippen LogP contribution in [0.25, 0.3) is 10.9 Å². The summed E-state index contributed by atoms with van der Waals surface area (Å²) >= 11 is 3.83. The van der Waals surface area contributed by atoms with Gasteiger partial charge in [-0.15, -0.1) is 0 Å². The highest BCUT2D eigenvalue weighted by molar-refractivity contribution is 14.1. The van der Waals surface area contributed by atoms with Crippen molar-refractivity contribution in [3.05, 3.63) is 104 Å². The predicted molar refractivity (Wildman–Crippen MR) is 120 cm³/mol. The number of benzene rings is 3. The Morgan fingerprint density at radius 2 is 1.56 bits per heavy atom. The molecule has 1 aromatic heterocycles. The average molecular weight is 484 g/mol. The molecule has 0 aliphatic rings. The molecule has 0 radical (unpaired) electrons. The van der Waals surface area contributed by atoms with Gasteiger partial charge in [-0.05, 0) is 51.9 Å². The highest BCUT2D eigenvalue weighted by atomic mass is 127. The molecule has 3 aromatic carbocycles. The van der Waals surface area contributed by atoms with E-state index < -0.39 is 0 Å². The van der Waals surface area contributed by atoms with E-state index in [4.69, 9.17) is 4.98 Å². The summed E-state index contributed by atoms with van der Waals surface area (Å²) in [5.74, 6) is 0.776. The van der Waals surface area contributed by atoms with Crippen LogP contribution in [0.1, 0.15) is 11.1 Å². The molecule has 1 heterocycles. The van der Waals surface area contributed by atoms with Crippen molar-refractivity contribution in [2.75, 3.05) is 0 Å².